The highest BCUT2D eigenvalue weighted by atomic mass is 32.1. The topological polar surface area (TPSA) is 55.0 Å². The zero-order chi connectivity index (χ0) is 14.0. The van der Waals surface area contributed by atoms with E-state index >= 15 is 0 Å². The molecular weight excluding hydrogens is 256 g/mol. The van der Waals surface area contributed by atoms with E-state index in [-0.39, 0.29) is 12.0 Å². The maximum Gasteiger partial charge on any atom is 0.135 e. The number of nitrogens with two attached hydrogens (primary N) is 1. The van der Waals surface area contributed by atoms with E-state index in [2.05, 4.69) is 53.2 Å². The normalized spacial score (nSPS) is 12.7. The van der Waals surface area contributed by atoms with Crippen molar-refractivity contribution in [3.05, 3.63) is 34.3 Å². The lowest BCUT2D eigenvalue weighted by Gasteiger charge is -2.25. The van der Waals surface area contributed by atoms with Gasteiger partial charge in [0.25, 0.3) is 0 Å². The van der Waals surface area contributed by atoms with Crippen LogP contribution in [0.2, 0.25) is 0 Å². The largest absolute Gasteiger partial charge is 0.384 e. The number of anilines is 2. The maximum absolute atomic E-state index is 5.88. The monoisotopic (exact) mass is 276 g/mol. The van der Waals surface area contributed by atoms with Gasteiger partial charge in [0.05, 0.1) is 6.04 Å². The van der Waals surface area contributed by atoms with Crippen LogP contribution in [0.25, 0.3) is 0 Å². The first kappa shape index (κ1) is 13.8. The Morgan fingerprint density at radius 1 is 1.26 bits per heavy atom. The van der Waals surface area contributed by atoms with Gasteiger partial charge in [0, 0.05) is 23.9 Å². The Morgan fingerprint density at radius 2 is 2.00 bits per heavy atom. The van der Waals surface area contributed by atoms with Crippen LogP contribution in [0, 0.1) is 0 Å². The summed E-state index contributed by atoms with van der Waals surface area (Å²) in [5.74, 6) is 2.46. The molecule has 0 saturated heterocycles. The minimum absolute atomic E-state index is 0.271. The van der Waals surface area contributed by atoms with Crippen LogP contribution >= 0.6 is 11.3 Å². The van der Waals surface area contributed by atoms with E-state index < -0.39 is 0 Å². The molecule has 0 aliphatic carbocycles. The quantitative estimate of drug-likeness (QED) is 0.929. The summed E-state index contributed by atoms with van der Waals surface area (Å²) in [5, 5.41) is 2.09. The molecule has 0 aromatic carbocycles. The zero-order valence-electron chi connectivity index (χ0n) is 11.8. The van der Waals surface area contributed by atoms with Crippen molar-refractivity contribution in [3.8, 4) is 0 Å². The number of nitrogen functional groups attached to an aromatic ring is 1. The first-order valence-electron chi connectivity index (χ1n) is 6.39. The van der Waals surface area contributed by atoms with E-state index in [1.807, 2.05) is 13.1 Å². The molecule has 0 aliphatic heterocycles. The van der Waals surface area contributed by atoms with Crippen molar-refractivity contribution in [3.63, 3.8) is 0 Å². The summed E-state index contributed by atoms with van der Waals surface area (Å²) in [6.45, 7) is 6.31. The summed E-state index contributed by atoms with van der Waals surface area (Å²) >= 11 is 1.75. The third-order valence-electron chi connectivity index (χ3n) is 3.16. The van der Waals surface area contributed by atoms with Crippen molar-refractivity contribution in [1.82, 2.24) is 9.97 Å². The van der Waals surface area contributed by atoms with E-state index in [0.29, 0.717) is 5.82 Å². The Labute approximate surface area is 118 Å². The molecule has 1 unspecified atom stereocenters. The van der Waals surface area contributed by atoms with E-state index in [1.165, 1.54) is 4.88 Å². The molecule has 2 heterocycles. The highest BCUT2D eigenvalue weighted by molar-refractivity contribution is 7.10. The van der Waals surface area contributed by atoms with E-state index in [4.69, 9.17) is 5.73 Å². The second-order valence-corrected chi connectivity index (χ2v) is 5.95. The van der Waals surface area contributed by atoms with Crippen molar-refractivity contribution >= 4 is 23.0 Å². The average molecular weight is 276 g/mol. The molecule has 0 radical (unpaired) electrons. The Bertz CT molecular complexity index is 536. The lowest BCUT2D eigenvalue weighted by molar-refractivity contribution is 0.719. The fraction of sp³-hybridized carbons (Fsp3) is 0.429. The molecule has 0 fully saturated rings. The van der Waals surface area contributed by atoms with E-state index in [0.717, 1.165) is 11.6 Å². The molecule has 2 aromatic heterocycles. The van der Waals surface area contributed by atoms with Crippen LogP contribution in [0.4, 0.5) is 11.6 Å². The number of aromatic nitrogens is 2. The summed E-state index contributed by atoms with van der Waals surface area (Å²) in [5.41, 5.74) is 5.88. The highest BCUT2D eigenvalue weighted by Crippen LogP contribution is 2.28. The number of hydrogen-bond acceptors (Lipinski definition) is 5. The average Bonchev–Trinajstić information content (AvgIpc) is 2.90. The van der Waals surface area contributed by atoms with Gasteiger partial charge in [0.1, 0.15) is 17.5 Å². The Kier molecular flexibility index (Phi) is 4.04. The third kappa shape index (κ3) is 3.04. The molecule has 0 spiro atoms. The molecule has 0 saturated carbocycles. The Balaban J connectivity index is 2.30. The number of hydrogen-bond donors (Lipinski definition) is 1. The van der Waals surface area contributed by atoms with Gasteiger partial charge < -0.3 is 10.6 Å². The van der Waals surface area contributed by atoms with Crippen molar-refractivity contribution in [2.45, 2.75) is 32.7 Å². The summed E-state index contributed by atoms with van der Waals surface area (Å²) in [6, 6.07) is 6.31. The predicted octanol–water partition coefficient (Wildman–Crippen LogP) is 3.44. The standard InChI is InChI=1S/C14H20N4S/c1-9(2)14-16-12(15)8-13(17-14)18(4)10(3)11-6-5-7-19-11/h5-10H,1-4H3,(H2,15,16,17). The van der Waals surface area contributed by atoms with Crippen molar-refractivity contribution in [2.24, 2.45) is 0 Å². The van der Waals surface area contributed by atoms with Gasteiger partial charge in [0.2, 0.25) is 0 Å². The van der Waals surface area contributed by atoms with Crippen molar-refractivity contribution < 1.29 is 0 Å². The van der Waals surface area contributed by atoms with Crippen LogP contribution in [0.15, 0.2) is 23.6 Å². The van der Waals surface area contributed by atoms with Crippen LogP contribution in [-0.4, -0.2) is 17.0 Å². The summed E-state index contributed by atoms with van der Waals surface area (Å²) in [7, 11) is 2.04. The van der Waals surface area contributed by atoms with Crippen LogP contribution in [0.5, 0.6) is 0 Å². The van der Waals surface area contributed by atoms with Gasteiger partial charge in [-0.3, -0.25) is 0 Å². The second kappa shape index (κ2) is 5.57. The van der Waals surface area contributed by atoms with E-state index in [9.17, 15) is 0 Å². The summed E-state index contributed by atoms with van der Waals surface area (Å²) in [6.07, 6.45) is 0. The van der Waals surface area contributed by atoms with Gasteiger partial charge in [-0.15, -0.1) is 11.3 Å². The summed E-state index contributed by atoms with van der Waals surface area (Å²) < 4.78 is 0. The Hall–Kier alpha value is -1.62. The van der Waals surface area contributed by atoms with Crippen LogP contribution < -0.4 is 10.6 Å². The van der Waals surface area contributed by atoms with Gasteiger partial charge in [-0.2, -0.15) is 0 Å². The predicted molar refractivity (Wildman–Crippen MR) is 81.7 cm³/mol. The molecule has 2 aromatic rings. The SMILES string of the molecule is CC(C)c1nc(N)cc(N(C)C(C)c2cccs2)n1. The number of nitrogens with zero attached hydrogens (tertiary/aromatic N) is 3. The zero-order valence-corrected chi connectivity index (χ0v) is 12.6. The maximum atomic E-state index is 5.88. The lowest BCUT2D eigenvalue weighted by atomic mass is 10.2. The molecule has 102 valence electrons. The minimum atomic E-state index is 0.271. The molecular formula is C14H20N4S. The molecule has 4 nitrogen and oxygen atoms in total. The lowest BCUT2D eigenvalue weighted by Crippen LogP contribution is -2.23. The minimum Gasteiger partial charge on any atom is -0.384 e. The van der Waals surface area contributed by atoms with Crippen molar-refractivity contribution in [1.29, 1.82) is 0 Å². The molecule has 0 bridgehead atoms. The van der Waals surface area contributed by atoms with Crippen LogP contribution in [0.1, 0.15) is 43.4 Å². The molecule has 19 heavy (non-hydrogen) atoms. The van der Waals surface area contributed by atoms with Crippen LogP contribution in [0.3, 0.4) is 0 Å². The fourth-order valence-electron chi connectivity index (χ4n) is 1.83. The first-order chi connectivity index (χ1) is 8.99. The summed E-state index contributed by atoms with van der Waals surface area (Å²) in [4.78, 5) is 12.3. The molecule has 0 aliphatic rings. The molecule has 1 atom stereocenters. The van der Waals surface area contributed by atoms with Crippen molar-refractivity contribution in [2.75, 3.05) is 17.7 Å². The van der Waals surface area contributed by atoms with Gasteiger partial charge in [-0.1, -0.05) is 19.9 Å². The van der Waals surface area contributed by atoms with Gasteiger partial charge in [-0.05, 0) is 18.4 Å². The van der Waals surface area contributed by atoms with Gasteiger partial charge in [0.15, 0.2) is 0 Å². The smallest absolute Gasteiger partial charge is 0.135 e. The molecule has 2 rings (SSSR count). The molecule has 2 N–H and O–H groups in total. The highest BCUT2D eigenvalue weighted by Gasteiger charge is 2.16. The number of thiophene rings is 1. The fourth-order valence-corrected chi connectivity index (χ4v) is 2.66. The van der Waals surface area contributed by atoms with Gasteiger partial charge >= 0.3 is 0 Å². The Morgan fingerprint density at radius 3 is 2.58 bits per heavy atom. The molecule has 5 heteroatoms. The second-order valence-electron chi connectivity index (χ2n) is 4.97. The first-order valence-corrected chi connectivity index (χ1v) is 7.27. The van der Waals surface area contributed by atoms with E-state index in [1.54, 1.807) is 11.3 Å². The van der Waals surface area contributed by atoms with Gasteiger partial charge in [-0.25, -0.2) is 9.97 Å². The molecule has 0 amide bonds. The van der Waals surface area contributed by atoms with Crippen LogP contribution in [-0.2, 0) is 0 Å². The number of rotatable bonds is 4. The third-order valence-corrected chi connectivity index (χ3v) is 4.21.